The molecule has 2 aliphatic heterocycles. The highest BCUT2D eigenvalue weighted by atomic mass is 35.5. The first-order valence-electron chi connectivity index (χ1n) is 10.9. The summed E-state index contributed by atoms with van der Waals surface area (Å²) in [6.07, 6.45) is 3.89. The van der Waals surface area contributed by atoms with Gasteiger partial charge in [-0.25, -0.2) is 0 Å². The zero-order valence-electron chi connectivity index (χ0n) is 17.3. The molecule has 3 aromatic rings. The number of ether oxygens (including phenoxy) is 1. The SMILES string of the molecule is O=C1NCc2c(Cl)c(OCCO)cc(-c3cc4cc(CN5CCCCC5)ccc4[nH]3)c21. The van der Waals surface area contributed by atoms with Gasteiger partial charge >= 0.3 is 0 Å². The number of likely N-dealkylation sites (tertiary alicyclic amines) is 1. The number of carbonyl (C=O) groups is 1. The first kappa shape index (κ1) is 20.4. The summed E-state index contributed by atoms with van der Waals surface area (Å²) in [5.74, 6) is 0.343. The molecule has 0 aliphatic carbocycles. The zero-order chi connectivity index (χ0) is 21.4. The number of halogens is 1. The van der Waals surface area contributed by atoms with Crippen molar-refractivity contribution in [3.8, 4) is 17.0 Å². The Bertz CT molecular complexity index is 1130. The highest BCUT2D eigenvalue weighted by Gasteiger charge is 2.29. The smallest absolute Gasteiger partial charge is 0.252 e. The van der Waals surface area contributed by atoms with E-state index in [0.29, 0.717) is 22.9 Å². The van der Waals surface area contributed by atoms with E-state index in [1.165, 1.54) is 37.9 Å². The number of benzene rings is 2. The minimum atomic E-state index is -0.134. The molecule has 162 valence electrons. The number of fused-ring (bicyclic) bond motifs is 2. The summed E-state index contributed by atoms with van der Waals surface area (Å²) in [5, 5.41) is 13.5. The first-order chi connectivity index (χ1) is 15.1. The number of rotatable bonds is 6. The van der Waals surface area contributed by atoms with Gasteiger partial charge in [0.1, 0.15) is 12.4 Å². The molecule has 31 heavy (non-hydrogen) atoms. The molecule has 0 saturated carbocycles. The second-order valence-electron chi connectivity index (χ2n) is 8.29. The first-order valence-corrected chi connectivity index (χ1v) is 11.2. The van der Waals surface area contributed by atoms with Gasteiger partial charge in [0, 0.05) is 40.8 Å². The lowest BCUT2D eigenvalue weighted by Crippen LogP contribution is -2.28. The number of H-pyrrole nitrogens is 1. The van der Waals surface area contributed by atoms with Gasteiger partial charge in [0.05, 0.1) is 17.2 Å². The van der Waals surface area contributed by atoms with Crippen molar-refractivity contribution < 1.29 is 14.6 Å². The predicted molar refractivity (Wildman–Crippen MR) is 122 cm³/mol. The number of hydrogen-bond donors (Lipinski definition) is 3. The van der Waals surface area contributed by atoms with Crippen molar-refractivity contribution in [3.63, 3.8) is 0 Å². The molecule has 7 heteroatoms. The number of aliphatic hydroxyl groups is 1. The van der Waals surface area contributed by atoms with Gasteiger partial charge in [0.15, 0.2) is 0 Å². The molecule has 0 atom stereocenters. The van der Waals surface area contributed by atoms with Gasteiger partial charge in [-0.05, 0) is 55.8 Å². The van der Waals surface area contributed by atoms with Gasteiger partial charge in [0.2, 0.25) is 0 Å². The minimum Gasteiger partial charge on any atom is -0.490 e. The number of carbonyl (C=O) groups excluding carboxylic acids is 1. The number of aromatic amines is 1. The van der Waals surface area contributed by atoms with E-state index in [1.807, 2.05) is 0 Å². The van der Waals surface area contributed by atoms with E-state index in [4.69, 9.17) is 21.4 Å². The Morgan fingerprint density at radius 2 is 1.97 bits per heavy atom. The third-order valence-corrected chi connectivity index (χ3v) is 6.57. The highest BCUT2D eigenvalue weighted by Crippen LogP contribution is 2.40. The van der Waals surface area contributed by atoms with Crippen molar-refractivity contribution in [1.29, 1.82) is 0 Å². The molecule has 1 saturated heterocycles. The standard InChI is InChI=1S/C24H26ClN3O3/c25-23-18-13-26-24(30)22(18)17(12-21(23)31-9-8-29)20-11-16-10-15(4-5-19(16)27-20)14-28-6-2-1-3-7-28/h4-5,10-12,27,29H,1-3,6-9,13-14H2,(H,26,30). The van der Waals surface area contributed by atoms with Crippen LogP contribution in [0.2, 0.25) is 5.02 Å². The third kappa shape index (κ3) is 3.91. The van der Waals surface area contributed by atoms with Crippen LogP contribution < -0.4 is 10.1 Å². The topological polar surface area (TPSA) is 77.6 Å². The Hall–Kier alpha value is -2.54. The molecule has 0 unspecified atom stereocenters. The van der Waals surface area contributed by atoms with Gasteiger partial charge < -0.3 is 20.1 Å². The van der Waals surface area contributed by atoms with Crippen molar-refractivity contribution >= 4 is 28.4 Å². The second-order valence-corrected chi connectivity index (χ2v) is 8.66. The monoisotopic (exact) mass is 439 g/mol. The van der Waals surface area contributed by atoms with E-state index >= 15 is 0 Å². The molecule has 1 aromatic heterocycles. The van der Waals surface area contributed by atoms with Gasteiger partial charge in [-0.3, -0.25) is 9.69 Å². The van der Waals surface area contributed by atoms with Crippen LogP contribution in [0.15, 0.2) is 30.3 Å². The average Bonchev–Trinajstić information content (AvgIpc) is 3.38. The number of aromatic nitrogens is 1. The van der Waals surface area contributed by atoms with Gasteiger partial charge in [-0.1, -0.05) is 24.1 Å². The summed E-state index contributed by atoms with van der Waals surface area (Å²) < 4.78 is 5.65. The molecule has 2 aliphatic rings. The highest BCUT2D eigenvalue weighted by molar-refractivity contribution is 6.34. The summed E-state index contributed by atoms with van der Waals surface area (Å²) >= 11 is 6.49. The number of amides is 1. The Kier molecular flexibility index (Phi) is 5.61. The van der Waals surface area contributed by atoms with Crippen molar-refractivity contribution in [2.24, 2.45) is 0 Å². The second kappa shape index (κ2) is 8.54. The van der Waals surface area contributed by atoms with Crippen LogP contribution in [-0.2, 0) is 13.1 Å². The molecule has 3 N–H and O–H groups in total. The van der Waals surface area contributed by atoms with Crippen LogP contribution in [0, 0.1) is 0 Å². The quantitative estimate of drug-likeness (QED) is 0.540. The fourth-order valence-electron chi connectivity index (χ4n) is 4.64. The fourth-order valence-corrected chi connectivity index (χ4v) is 4.91. The minimum absolute atomic E-state index is 0.105. The number of aliphatic hydroxyl groups excluding tert-OH is 1. The van der Waals surface area contributed by atoms with E-state index in [2.05, 4.69) is 39.5 Å². The van der Waals surface area contributed by atoms with Crippen LogP contribution in [0.4, 0.5) is 0 Å². The lowest BCUT2D eigenvalue weighted by Gasteiger charge is -2.26. The summed E-state index contributed by atoms with van der Waals surface area (Å²) in [6.45, 7) is 3.71. The maximum Gasteiger partial charge on any atom is 0.252 e. The van der Waals surface area contributed by atoms with E-state index in [0.717, 1.165) is 34.3 Å². The summed E-state index contributed by atoms with van der Waals surface area (Å²) in [6, 6.07) is 10.4. The molecule has 5 rings (SSSR count). The van der Waals surface area contributed by atoms with Crippen LogP contribution >= 0.6 is 11.6 Å². The van der Waals surface area contributed by atoms with Gasteiger partial charge in [-0.15, -0.1) is 0 Å². The summed E-state index contributed by atoms with van der Waals surface area (Å²) in [5.41, 5.74) is 5.26. The number of nitrogens with zero attached hydrogens (tertiary/aromatic N) is 1. The molecule has 1 amide bonds. The summed E-state index contributed by atoms with van der Waals surface area (Å²) in [4.78, 5) is 18.5. The van der Waals surface area contributed by atoms with Crippen LogP contribution in [-0.4, -0.2) is 47.2 Å². The zero-order valence-corrected chi connectivity index (χ0v) is 18.1. The van der Waals surface area contributed by atoms with Crippen molar-refractivity contribution in [1.82, 2.24) is 15.2 Å². The number of hydrogen-bond acceptors (Lipinski definition) is 4. The van der Waals surface area contributed by atoms with E-state index in [-0.39, 0.29) is 19.1 Å². The predicted octanol–water partition coefficient (Wildman–Crippen LogP) is 4.09. The van der Waals surface area contributed by atoms with Crippen LogP contribution in [0.1, 0.15) is 40.7 Å². The van der Waals surface area contributed by atoms with Crippen molar-refractivity contribution in [2.45, 2.75) is 32.4 Å². The summed E-state index contributed by atoms with van der Waals surface area (Å²) in [7, 11) is 0. The molecule has 3 heterocycles. The lowest BCUT2D eigenvalue weighted by atomic mass is 9.99. The van der Waals surface area contributed by atoms with Crippen LogP contribution in [0.5, 0.6) is 5.75 Å². The van der Waals surface area contributed by atoms with Crippen LogP contribution in [0.3, 0.4) is 0 Å². The Morgan fingerprint density at radius 3 is 2.77 bits per heavy atom. The lowest BCUT2D eigenvalue weighted by molar-refractivity contribution is 0.0966. The van der Waals surface area contributed by atoms with Crippen molar-refractivity contribution in [3.05, 3.63) is 52.0 Å². The molecular formula is C24H26ClN3O3. The van der Waals surface area contributed by atoms with Gasteiger partial charge in [0.25, 0.3) is 5.91 Å². The molecule has 2 aromatic carbocycles. The molecule has 0 radical (unpaired) electrons. The van der Waals surface area contributed by atoms with Gasteiger partial charge in [-0.2, -0.15) is 0 Å². The largest absolute Gasteiger partial charge is 0.490 e. The Morgan fingerprint density at radius 1 is 1.13 bits per heavy atom. The number of piperidine rings is 1. The van der Waals surface area contributed by atoms with Crippen molar-refractivity contribution in [2.75, 3.05) is 26.3 Å². The fraction of sp³-hybridized carbons (Fsp3) is 0.375. The maximum absolute atomic E-state index is 12.6. The van der Waals surface area contributed by atoms with Crippen LogP contribution in [0.25, 0.3) is 22.2 Å². The molecule has 0 spiro atoms. The average molecular weight is 440 g/mol. The third-order valence-electron chi connectivity index (χ3n) is 6.16. The molecule has 0 bridgehead atoms. The van der Waals surface area contributed by atoms with E-state index in [9.17, 15) is 4.79 Å². The molecular weight excluding hydrogens is 414 g/mol. The molecule has 6 nitrogen and oxygen atoms in total. The number of nitrogens with one attached hydrogen (secondary N) is 2. The maximum atomic E-state index is 12.6. The Labute approximate surface area is 186 Å². The van der Waals surface area contributed by atoms with E-state index < -0.39 is 0 Å². The molecule has 1 fully saturated rings. The van der Waals surface area contributed by atoms with E-state index in [1.54, 1.807) is 6.07 Å². The Balaban J connectivity index is 1.52. The normalized spacial score (nSPS) is 16.5.